The molecule has 1 atom stereocenters. The van der Waals surface area contributed by atoms with Crippen molar-refractivity contribution in [3.8, 4) is 0 Å². The Hall–Kier alpha value is -3.68. The van der Waals surface area contributed by atoms with Crippen molar-refractivity contribution in [2.75, 3.05) is 6.61 Å². The molecule has 0 bridgehead atoms. The molecule has 0 aromatic heterocycles. The lowest BCUT2D eigenvalue weighted by Gasteiger charge is -2.15. The van der Waals surface area contributed by atoms with Crippen molar-refractivity contribution in [3.63, 3.8) is 0 Å². The number of allylic oxidation sites excluding steroid dienone is 26. The highest BCUT2D eigenvalue weighted by Gasteiger charge is 2.08. The molecule has 0 aromatic carbocycles. The van der Waals surface area contributed by atoms with Gasteiger partial charge in [0.25, 0.3) is 0 Å². The summed E-state index contributed by atoms with van der Waals surface area (Å²) in [5, 5.41) is 9.24. The molecule has 0 aromatic rings. The quantitative estimate of drug-likeness (QED) is 0.106. The predicted octanol–water partition coefficient (Wildman–Crippen LogP) is 13.5. The molecule has 0 amide bonds. The minimum atomic E-state index is 0.130. The third-order valence-corrected chi connectivity index (χ3v) is 7.42. The second kappa shape index (κ2) is 26.5. The van der Waals surface area contributed by atoms with E-state index in [0.29, 0.717) is 5.92 Å². The summed E-state index contributed by atoms with van der Waals surface area (Å²) in [6.45, 7) is 25.5. The second-order valence-corrected chi connectivity index (χ2v) is 12.8. The maximum absolute atomic E-state index is 9.24. The number of aliphatic hydroxyl groups is 1. The van der Waals surface area contributed by atoms with Crippen molar-refractivity contribution in [1.82, 2.24) is 0 Å². The van der Waals surface area contributed by atoms with Crippen LogP contribution in [0.3, 0.4) is 0 Å². The van der Waals surface area contributed by atoms with E-state index in [9.17, 15) is 5.11 Å². The summed E-state index contributed by atoms with van der Waals surface area (Å²) >= 11 is 0. The van der Waals surface area contributed by atoms with Gasteiger partial charge in [0.2, 0.25) is 0 Å². The summed E-state index contributed by atoms with van der Waals surface area (Å²) in [6, 6.07) is 0. The Morgan fingerprint density at radius 1 is 0.522 bits per heavy atom. The van der Waals surface area contributed by atoms with E-state index in [2.05, 4.69) is 178 Å². The summed E-state index contributed by atoms with van der Waals surface area (Å²) in [4.78, 5) is 0. The van der Waals surface area contributed by atoms with Crippen LogP contribution in [0.4, 0.5) is 0 Å². The van der Waals surface area contributed by atoms with E-state index >= 15 is 0 Å². The second-order valence-electron chi connectivity index (χ2n) is 12.8. The van der Waals surface area contributed by atoms with Gasteiger partial charge >= 0.3 is 0 Å². The van der Waals surface area contributed by atoms with E-state index in [0.717, 1.165) is 37.7 Å². The summed E-state index contributed by atoms with van der Waals surface area (Å²) in [7, 11) is 0. The van der Waals surface area contributed by atoms with Gasteiger partial charge in [-0.15, -0.1) is 0 Å². The van der Waals surface area contributed by atoms with Crippen LogP contribution in [0.15, 0.2) is 166 Å². The van der Waals surface area contributed by atoms with E-state index in [1.807, 2.05) is 6.92 Å². The lowest BCUT2D eigenvalue weighted by Crippen LogP contribution is -2.01. The van der Waals surface area contributed by atoms with Gasteiger partial charge in [-0.1, -0.05) is 166 Å². The number of aliphatic hydroxyl groups excluding tert-OH is 1. The summed E-state index contributed by atoms with van der Waals surface area (Å²) < 4.78 is 0. The Kier molecular flexibility index (Phi) is 24.4. The van der Waals surface area contributed by atoms with Gasteiger partial charge in [0.15, 0.2) is 0 Å². The molecule has 0 rings (SSSR count). The Bertz CT molecular complexity index is 1320. The zero-order valence-corrected chi connectivity index (χ0v) is 30.9. The number of hydrogen-bond donors (Lipinski definition) is 1. The van der Waals surface area contributed by atoms with Crippen molar-refractivity contribution in [1.29, 1.82) is 0 Å². The fourth-order valence-electron chi connectivity index (χ4n) is 4.20. The first kappa shape index (κ1) is 42.3. The van der Waals surface area contributed by atoms with Crippen LogP contribution in [-0.4, -0.2) is 11.7 Å². The van der Waals surface area contributed by atoms with Gasteiger partial charge in [-0.05, 0) is 107 Å². The van der Waals surface area contributed by atoms with Crippen molar-refractivity contribution in [2.24, 2.45) is 5.92 Å². The monoisotopic (exact) mass is 620 g/mol. The summed E-state index contributed by atoms with van der Waals surface area (Å²) in [5.74, 6) is 0.452. The molecule has 0 aliphatic carbocycles. The third kappa shape index (κ3) is 25.6. The molecule has 46 heavy (non-hydrogen) atoms. The molecule has 250 valence electrons. The van der Waals surface area contributed by atoms with Crippen molar-refractivity contribution < 1.29 is 5.11 Å². The first-order valence-corrected chi connectivity index (χ1v) is 16.8. The van der Waals surface area contributed by atoms with Gasteiger partial charge in [0.05, 0.1) is 6.61 Å². The minimum Gasteiger partial charge on any atom is -0.392 e. The molecular weight excluding hydrogens is 556 g/mol. The Morgan fingerprint density at radius 2 is 0.935 bits per heavy atom. The largest absolute Gasteiger partial charge is 0.392 e. The predicted molar refractivity (Wildman–Crippen MR) is 210 cm³/mol. The number of hydrogen-bond acceptors (Lipinski definition) is 1. The molecule has 0 spiro atoms. The minimum absolute atomic E-state index is 0.130. The van der Waals surface area contributed by atoms with E-state index in [-0.39, 0.29) is 6.61 Å². The highest BCUT2D eigenvalue weighted by Crippen LogP contribution is 2.23. The molecule has 0 fully saturated rings. The molecule has 1 unspecified atom stereocenters. The van der Waals surface area contributed by atoms with E-state index in [1.165, 1.54) is 44.6 Å². The first-order chi connectivity index (χ1) is 21.8. The van der Waals surface area contributed by atoms with Gasteiger partial charge in [0, 0.05) is 0 Å². The molecule has 1 nitrogen and oxygen atoms in total. The van der Waals surface area contributed by atoms with Crippen LogP contribution in [0.25, 0.3) is 0 Å². The molecular formula is C45H64O. The SMILES string of the molecule is C=C(C)C(C/C=C(\C)CO)CC/C(C)=C/C=C/C(C)=C/C=C/C(C)=C/C=C/C=C(C)/C=C/C=C(C)/C=C/C=C(\C)CCC=C(C)C. The molecule has 1 heteroatoms. The Balaban J connectivity index is 4.80. The lowest BCUT2D eigenvalue weighted by atomic mass is 9.90. The van der Waals surface area contributed by atoms with E-state index in [1.54, 1.807) is 0 Å². The Labute approximate surface area is 284 Å². The fourth-order valence-corrected chi connectivity index (χ4v) is 4.20. The normalized spacial score (nSPS) is 15.8. The van der Waals surface area contributed by atoms with E-state index < -0.39 is 0 Å². The highest BCUT2D eigenvalue weighted by atomic mass is 16.3. The van der Waals surface area contributed by atoms with Crippen molar-refractivity contribution in [3.05, 3.63) is 166 Å². The third-order valence-electron chi connectivity index (χ3n) is 7.42. The lowest BCUT2D eigenvalue weighted by molar-refractivity contribution is 0.330. The molecule has 0 radical (unpaired) electrons. The smallest absolute Gasteiger partial charge is 0.0639 e. The summed E-state index contributed by atoms with van der Waals surface area (Å²) in [5.41, 5.74) is 11.2. The van der Waals surface area contributed by atoms with Gasteiger partial charge in [-0.2, -0.15) is 0 Å². The molecule has 0 saturated carbocycles. The number of rotatable bonds is 20. The van der Waals surface area contributed by atoms with Gasteiger partial charge < -0.3 is 5.11 Å². The van der Waals surface area contributed by atoms with Gasteiger partial charge in [-0.25, -0.2) is 0 Å². The van der Waals surface area contributed by atoms with Crippen LogP contribution < -0.4 is 0 Å². The topological polar surface area (TPSA) is 20.2 Å². The van der Waals surface area contributed by atoms with Crippen LogP contribution in [-0.2, 0) is 0 Å². The maximum atomic E-state index is 9.24. The fraction of sp³-hybridized carbons (Fsp3) is 0.378. The Morgan fingerprint density at radius 3 is 1.35 bits per heavy atom. The summed E-state index contributed by atoms with van der Waals surface area (Å²) in [6.07, 6.45) is 43.9. The van der Waals surface area contributed by atoms with Gasteiger partial charge in [0.1, 0.15) is 0 Å². The zero-order valence-electron chi connectivity index (χ0n) is 30.9. The van der Waals surface area contributed by atoms with Crippen molar-refractivity contribution in [2.45, 2.75) is 101 Å². The van der Waals surface area contributed by atoms with Crippen LogP contribution in [0.5, 0.6) is 0 Å². The van der Waals surface area contributed by atoms with Crippen molar-refractivity contribution >= 4 is 0 Å². The molecule has 0 aliphatic heterocycles. The molecule has 0 aliphatic rings. The standard InChI is InChI=1S/C45H64O/c1-36(2)19-14-22-40(7)25-17-28-41(8)26-15-23-38(5)20-12-13-21-39(6)24-16-27-42(9)29-18-30-43(10)31-33-45(37(3)4)34-32-44(11)35-46/h12-13,15-21,23-30,32,45-46H,3,14,22,31,33-35H2,1-2,4-11H3/b13-12+,23-15+,24-16+,28-17+,29-18+,38-20+,39-21+,40-25+,41-26+,42-27+,43-30+,44-32+. The average molecular weight is 621 g/mol. The van der Waals surface area contributed by atoms with E-state index in [4.69, 9.17) is 0 Å². The zero-order chi connectivity index (χ0) is 34.7. The van der Waals surface area contributed by atoms with Crippen LogP contribution >= 0.6 is 0 Å². The van der Waals surface area contributed by atoms with Crippen LogP contribution in [0.1, 0.15) is 101 Å². The first-order valence-electron chi connectivity index (χ1n) is 16.8. The average Bonchev–Trinajstić information content (AvgIpc) is 2.98. The molecule has 1 N–H and O–H groups in total. The molecule has 0 saturated heterocycles. The highest BCUT2D eigenvalue weighted by molar-refractivity contribution is 5.32. The van der Waals surface area contributed by atoms with Crippen LogP contribution in [0, 0.1) is 5.92 Å². The maximum Gasteiger partial charge on any atom is 0.0639 e. The van der Waals surface area contributed by atoms with Crippen LogP contribution in [0.2, 0.25) is 0 Å². The molecule has 0 heterocycles. The van der Waals surface area contributed by atoms with Gasteiger partial charge in [-0.3, -0.25) is 0 Å².